The molecule has 154 valence electrons. The maximum Gasteiger partial charge on any atom is 0.406 e. The minimum absolute atomic E-state index is 0.00470. The third-order valence-electron chi connectivity index (χ3n) is 4.62. The number of aromatic nitrogens is 2. The zero-order valence-electron chi connectivity index (χ0n) is 15.3. The van der Waals surface area contributed by atoms with Gasteiger partial charge in [0.05, 0.1) is 22.9 Å². The highest BCUT2D eigenvalue weighted by Gasteiger charge is 2.40. The van der Waals surface area contributed by atoms with Crippen LogP contribution in [0.5, 0.6) is 0 Å². The molecule has 4 rings (SSSR count). The first kappa shape index (κ1) is 20.5. The smallest absolute Gasteiger partial charge is 0.324 e. The average molecular weight is 452 g/mol. The first-order chi connectivity index (χ1) is 14.2. The van der Waals surface area contributed by atoms with Gasteiger partial charge in [-0.25, -0.2) is 4.68 Å². The molecular weight excluding hydrogens is 438 g/mol. The number of nitrogens with zero attached hydrogens (tertiary/aromatic N) is 3. The number of carbonyl (C=O) groups is 1. The highest BCUT2D eigenvalue weighted by atomic mass is 35.5. The predicted molar refractivity (Wildman–Crippen MR) is 110 cm³/mol. The molecule has 0 N–H and O–H groups in total. The fourth-order valence-electron chi connectivity index (χ4n) is 3.28. The zero-order chi connectivity index (χ0) is 21.5. The van der Waals surface area contributed by atoms with E-state index >= 15 is 0 Å². The van der Waals surface area contributed by atoms with Crippen molar-refractivity contribution in [1.29, 1.82) is 0 Å². The summed E-state index contributed by atoms with van der Waals surface area (Å²) >= 11 is 12.2. The fourth-order valence-corrected chi connectivity index (χ4v) is 3.62. The normalized spacial score (nSPS) is 14.0. The molecule has 0 unspecified atom stereocenters. The van der Waals surface area contributed by atoms with E-state index in [1.807, 2.05) is 0 Å². The Labute approximate surface area is 180 Å². The van der Waals surface area contributed by atoms with Gasteiger partial charge in [0.2, 0.25) is 0 Å². The summed E-state index contributed by atoms with van der Waals surface area (Å²) in [5, 5.41) is 5.30. The van der Waals surface area contributed by atoms with Crippen LogP contribution in [0.1, 0.15) is 27.3 Å². The summed E-state index contributed by atoms with van der Waals surface area (Å²) in [5.74, 6) is -0.755. The van der Waals surface area contributed by atoms with Crippen LogP contribution in [-0.2, 0) is 6.54 Å². The summed E-state index contributed by atoms with van der Waals surface area (Å²) in [5.41, 5.74) is 2.27. The molecule has 0 saturated carbocycles. The molecular formula is C21H14Cl2F3N3O. The van der Waals surface area contributed by atoms with E-state index in [4.69, 9.17) is 23.2 Å². The van der Waals surface area contributed by atoms with Crippen molar-refractivity contribution in [3.63, 3.8) is 0 Å². The third-order valence-corrected chi connectivity index (χ3v) is 5.19. The molecule has 0 bridgehead atoms. The minimum atomic E-state index is -4.49. The number of benzene rings is 2. The van der Waals surface area contributed by atoms with Gasteiger partial charge in [-0.05, 0) is 35.9 Å². The number of halogens is 5. The van der Waals surface area contributed by atoms with Crippen molar-refractivity contribution in [2.75, 3.05) is 6.54 Å². The van der Waals surface area contributed by atoms with E-state index in [-0.39, 0.29) is 12.2 Å². The first-order valence-electron chi connectivity index (χ1n) is 8.89. The van der Waals surface area contributed by atoms with Crippen molar-refractivity contribution in [3.8, 4) is 5.69 Å². The summed E-state index contributed by atoms with van der Waals surface area (Å²) in [4.78, 5) is 13.3. The van der Waals surface area contributed by atoms with Crippen LogP contribution in [0.4, 0.5) is 13.2 Å². The number of hydrogen-bond acceptors (Lipinski definition) is 2. The molecule has 0 radical (unpaired) electrons. The summed E-state index contributed by atoms with van der Waals surface area (Å²) in [6, 6.07) is 14.0. The van der Waals surface area contributed by atoms with E-state index in [0.717, 1.165) is 10.5 Å². The highest BCUT2D eigenvalue weighted by Crippen LogP contribution is 2.32. The number of rotatable bonds is 4. The molecule has 0 saturated heterocycles. The van der Waals surface area contributed by atoms with Crippen molar-refractivity contribution in [2.24, 2.45) is 0 Å². The lowest BCUT2D eigenvalue weighted by Gasteiger charge is -2.18. The molecule has 1 aliphatic heterocycles. The topological polar surface area (TPSA) is 38.1 Å². The second-order valence-electron chi connectivity index (χ2n) is 6.74. The summed E-state index contributed by atoms with van der Waals surface area (Å²) < 4.78 is 40.0. The van der Waals surface area contributed by atoms with Gasteiger partial charge in [0, 0.05) is 10.6 Å². The van der Waals surface area contributed by atoms with E-state index in [1.54, 1.807) is 60.7 Å². The van der Waals surface area contributed by atoms with Gasteiger partial charge in [-0.1, -0.05) is 53.5 Å². The highest BCUT2D eigenvalue weighted by molar-refractivity contribution is 6.32. The Kier molecular flexibility index (Phi) is 5.34. The van der Waals surface area contributed by atoms with Gasteiger partial charge >= 0.3 is 6.18 Å². The average Bonchev–Trinajstić information content (AvgIpc) is 3.17. The van der Waals surface area contributed by atoms with Crippen LogP contribution in [0.15, 0.2) is 48.5 Å². The van der Waals surface area contributed by atoms with Gasteiger partial charge in [-0.15, -0.1) is 0 Å². The molecule has 2 aromatic carbocycles. The molecule has 30 heavy (non-hydrogen) atoms. The Hall–Kier alpha value is -2.77. The van der Waals surface area contributed by atoms with Crippen LogP contribution in [0.3, 0.4) is 0 Å². The second-order valence-corrected chi connectivity index (χ2v) is 7.58. The predicted octanol–water partition coefficient (Wildman–Crippen LogP) is 5.87. The van der Waals surface area contributed by atoms with Gasteiger partial charge in [-0.2, -0.15) is 18.3 Å². The van der Waals surface area contributed by atoms with E-state index in [0.29, 0.717) is 27.0 Å². The SMILES string of the molecule is O=C1c2nn(-c3ccccc3Cl)c(C=Cc3ccc(Cl)cc3)c2CN1CC(F)(F)F. The molecule has 0 fully saturated rings. The molecule has 1 aromatic heterocycles. The Morgan fingerprint density at radius 2 is 1.73 bits per heavy atom. The van der Waals surface area contributed by atoms with Crippen LogP contribution in [-0.4, -0.2) is 33.3 Å². The van der Waals surface area contributed by atoms with Crippen LogP contribution in [0.25, 0.3) is 17.8 Å². The van der Waals surface area contributed by atoms with Gasteiger partial charge < -0.3 is 4.90 Å². The molecule has 3 aromatic rings. The quantitative estimate of drug-likeness (QED) is 0.497. The van der Waals surface area contributed by atoms with Crippen LogP contribution >= 0.6 is 23.2 Å². The molecule has 2 heterocycles. The largest absolute Gasteiger partial charge is 0.406 e. The Bertz CT molecular complexity index is 1140. The molecule has 0 spiro atoms. The van der Waals surface area contributed by atoms with Gasteiger partial charge in [0.15, 0.2) is 5.69 Å². The molecule has 0 atom stereocenters. The lowest BCUT2D eigenvalue weighted by Crippen LogP contribution is -2.35. The number of amides is 1. The number of carbonyl (C=O) groups excluding carboxylic acids is 1. The number of para-hydroxylation sites is 1. The molecule has 9 heteroatoms. The number of fused-ring (bicyclic) bond motifs is 1. The third kappa shape index (κ3) is 4.08. The van der Waals surface area contributed by atoms with E-state index in [1.165, 1.54) is 4.68 Å². The summed E-state index contributed by atoms with van der Waals surface area (Å²) in [7, 11) is 0. The van der Waals surface area contributed by atoms with Gasteiger partial charge in [-0.3, -0.25) is 4.79 Å². The zero-order valence-corrected chi connectivity index (χ0v) is 16.8. The Balaban J connectivity index is 1.79. The lowest BCUT2D eigenvalue weighted by molar-refractivity contribution is -0.141. The summed E-state index contributed by atoms with van der Waals surface area (Å²) in [6.45, 7) is -1.51. The molecule has 4 nitrogen and oxygen atoms in total. The van der Waals surface area contributed by atoms with Crippen molar-refractivity contribution >= 4 is 41.3 Å². The maximum atomic E-state index is 12.8. The van der Waals surface area contributed by atoms with E-state index in [9.17, 15) is 18.0 Å². The van der Waals surface area contributed by atoms with Crippen molar-refractivity contribution in [1.82, 2.24) is 14.7 Å². The van der Waals surface area contributed by atoms with Crippen molar-refractivity contribution < 1.29 is 18.0 Å². The van der Waals surface area contributed by atoms with Crippen LogP contribution in [0, 0.1) is 0 Å². The van der Waals surface area contributed by atoms with E-state index < -0.39 is 18.6 Å². The van der Waals surface area contributed by atoms with Gasteiger partial charge in [0.25, 0.3) is 5.91 Å². The van der Waals surface area contributed by atoms with E-state index in [2.05, 4.69) is 5.10 Å². The van der Waals surface area contributed by atoms with Crippen LogP contribution < -0.4 is 0 Å². The molecule has 1 amide bonds. The van der Waals surface area contributed by atoms with Crippen molar-refractivity contribution in [3.05, 3.63) is 81.1 Å². The summed E-state index contributed by atoms with van der Waals surface area (Å²) in [6.07, 6.45) is -1.00. The maximum absolute atomic E-state index is 12.8. The lowest BCUT2D eigenvalue weighted by atomic mass is 10.1. The minimum Gasteiger partial charge on any atom is -0.324 e. The van der Waals surface area contributed by atoms with Crippen molar-refractivity contribution in [2.45, 2.75) is 12.7 Å². The fraction of sp³-hybridized carbons (Fsp3) is 0.143. The second kappa shape index (κ2) is 7.81. The molecule has 0 aliphatic carbocycles. The Morgan fingerprint density at radius 3 is 2.40 bits per heavy atom. The number of hydrogen-bond donors (Lipinski definition) is 0. The van der Waals surface area contributed by atoms with Crippen LogP contribution in [0.2, 0.25) is 10.0 Å². The van der Waals surface area contributed by atoms with Gasteiger partial charge in [0.1, 0.15) is 6.54 Å². The molecule has 1 aliphatic rings. The standard InChI is InChI=1S/C21H14Cl2F3N3O/c22-14-8-5-13(6-9-14)7-10-17-15-11-28(12-21(24,25)26)20(30)19(15)27-29(17)18-4-2-1-3-16(18)23/h1-10H,11-12H2. The number of alkyl halides is 3. The monoisotopic (exact) mass is 451 g/mol. The first-order valence-corrected chi connectivity index (χ1v) is 9.65. The Morgan fingerprint density at radius 1 is 1.03 bits per heavy atom.